The molecule has 0 radical (unpaired) electrons. The topological polar surface area (TPSA) is 55.3 Å². The fraction of sp³-hybridized carbons (Fsp3) is 0.588. The van der Waals surface area contributed by atoms with Gasteiger partial charge in [-0.15, -0.1) is 0 Å². The van der Waals surface area contributed by atoms with Crippen molar-refractivity contribution in [2.75, 3.05) is 12.8 Å². The van der Waals surface area contributed by atoms with Gasteiger partial charge >= 0.3 is 0 Å². The summed E-state index contributed by atoms with van der Waals surface area (Å²) >= 11 is 0. The maximum absolute atomic E-state index is 5.82. The first-order valence-electron chi connectivity index (χ1n) is 7.78. The molecule has 21 heavy (non-hydrogen) atoms. The van der Waals surface area contributed by atoms with E-state index in [9.17, 15) is 0 Å². The number of aromatic nitrogens is 1. The molecule has 4 heteroatoms. The van der Waals surface area contributed by atoms with Crippen LogP contribution in [0.2, 0.25) is 0 Å². The lowest BCUT2D eigenvalue weighted by atomic mass is 9.75. The number of nitrogen functional groups attached to an aromatic ring is 1. The number of fused-ring (bicyclic) bond motifs is 1. The van der Waals surface area contributed by atoms with E-state index >= 15 is 0 Å². The van der Waals surface area contributed by atoms with Gasteiger partial charge in [0.2, 0.25) is 5.89 Å². The molecule has 1 aliphatic rings. The van der Waals surface area contributed by atoms with Gasteiger partial charge in [0.25, 0.3) is 0 Å². The highest BCUT2D eigenvalue weighted by Gasteiger charge is 2.29. The molecule has 2 aromatic rings. The van der Waals surface area contributed by atoms with Crippen molar-refractivity contribution in [3.05, 3.63) is 24.1 Å². The standard InChI is InChI=1S/C17H25N3O/c1-17(2)8-6-13(7-9-17)20(3)11-16-19-14-10-12(18)4-5-15(14)21-16/h4-5,10,13H,6-9,11,18H2,1-3H3. The van der Waals surface area contributed by atoms with Gasteiger partial charge in [0.1, 0.15) is 5.52 Å². The van der Waals surface area contributed by atoms with Crippen molar-refractivity contribution in [1.29, 1.82) is 0 Å². The van der Waals surface area contributed by atoms with Crippen LogP contribution in [0.25, 0.3) is 11.1 Å². The highest BCUT2D eigenvalue weighted by Crippen LogP contribution is 2.36. The molecule has 0 saturated heterocycles. The van der Waals surface area contributed by atoms with Gasteiger partial charge in [-0.05, 0) is 56.3 Å². The fourth-order valence-corrected chi connectivity index (χ4v) is 3.23. The summed E-state index contributed by atoms with van der Waals surface area (Å²) in [4.78, 5) is 6.93. The minimum absolute atomic E-state index is 0.506. The number of nitrogens with zero attached hydrogens (tertiary/aromatic N) is 2. The lowest BCUT2D eigenvalue weighted by molar-refractivity contribution is 0.116. The molecule has 114 valence electrons. The molecule has 1 aromatic heterocycles. The van der Waals surface area contributed by atoms with Gasteiger partial charge in [-0.25, -0.2) is 4.98 Å². The molecular weight excluding hydrogens is 262 g/mol. The minimum atomic E-state index is 0.506. The molecule has 3 rings (SSSR count). The Morgan fingerprint density at radius 1 is 1.33 bits per heavy atom. The van der Waals surface area contributed by atoms with E-state index in [-0.39, 0.29) is 0 Å². The van der Waals surface area contributed by atoms with E-state index in [0.29, 0.717) is 11.5 Å². The summed E-state index contributed by atoms with van der Waals surface area (Å²) in [5, 5.41) is 0. The van der Waals surface area contributed by atoms with Crippen LogP contribution in [-0.4, -0.2) is 23.0 Å². The second-order valence-corrected chi connectivity index (χ2v) is 7.15. The van der Waals surface area contributed by atoms with Crippen LogP contribution < -0.4 is 5.73 Å². The van der Waals surface area contributed by atoms with Crippen molar-refractivity contribution in [3.63, 3.8) is 0 Å². The van der Waals surface area contributed by atoms with Crippen molar-refractivity contribution in [3.8, 4) is 0 Å². The summed E-state index contributed by atoms with van der Waals surface area (Å²) in [5.74, 6) is 0.780. The van der Waals surface area contributed by atoms with E-state index in [2.05, 4.69) is 30.8 Å². The number of hydrogen-bond acceptors (Lipinski definition) is 4. The van der Waals surface area contributed by atoms with Gasteiger partial charge in [0, 0.05) is 11.7 Å². The third kappa shape index (κ3) is 3.21. The highest BCUT2D eigenvalue weighted by molar-refractivity contribution is 5.76. The van der Waals surface area contributed by atoms with E-state index in [1.807, 2.05) is 18.2 Å². The molecule has 1 aromatic carbocycles. The average Bonchev–Trinajstić information content (AvgIpc) is 2.79. The van der Waals surface area contributed by atoms with E-state index in [1.54, 1.807) is 0 Å². The number of benzene rings is 1. The molecule has 0 bridgehead atoms. The fourth-order valence-electron chi connectivity index (χ4n) is 3.23. The van der Waals surface area contributed by atoms with Gasteiger partial charge in [-0.3, -0.25) is 4.90 Å². The monoisotopic (exact) mass is 287 g/mol. The smallest absolute Gasteiger partial charge is 0.209 e. The molecule has 0 aliphatic heterocycles. The molecule has 1 fully saturated rings. The van der Waals surface area contributed by atoms with Crippen molar-refractivity contribution >= 4 is 16.8 Å². The highest BCUT2D eigenvalue weighted by atomic mass is 16.3. The van der Waals surface area contributed by atoms with E-state index < -0.39 is 0 Å². The van der Waals surface area contributed by atoms with Crippen LogP contribution in [0.3, 0.4) is 0 Å². The van der Waals surface area contributed by atoms with Crippen molar-refractivity contribution < 1.29 is 4.42 Å². The van der Waals surface area contributed by atoms with E-state index in [4.69, 9.17) is 10.2 Å². The van der Waals surface area contributed by atoms with Crippen LogP contribution in [0.5, 0.6) is 0 Å². The molecule has 2 N–H and O–H groups in total. The van der Waals surface area contributed by atoms with Crippen molar-refractivity contribution in [1.82, 2.24) is 9.88 Å². The molecule has 1 saturated carbocycles. The summed E-state index contributed by atoms with van der Waals surface area (Å²) in [6, 6.07) is 6.25. The Kier molecular flexibility index (Phi) is 3.66. The Balaban J connectivity index is 1.67. The summed E-state index contributed by atoms with van der Waals surface area (Å²) in [6.07, 6.45) is 5.12. The van der Waals surface area contributed by atoms with Crippen LogP contribution in [0.1, 0.15) is 45.4 Å². The molecular formula is C17H25N3O. The zero-order chi connectivity index (χ0) is 15.0. The first-order chi connectivity index (χ1) is 9.93. The molecule has 0 atom stereocenters. The predicted octanol–water partition coefficient (Wildman–Crippen LogP) is 3.81. The summed E-state index contributed by atoms with van der Waals surface area (Å²) in [7, 11) is 2.17. The summed E-state index contributed by atoms with van der Waals surface area (Å²) in [6.45, 7) is 5.50. The third-order valence-electron chi connectivity index (χ3n) is 4.77. The summed E-state index contributed by atoms with van der Waals surface area (Å²) < 4.78 is 5.82. The minimum Gasteiger partial charge on any atom is -0.439 e. The Morgan fingerprint density at radius 3 is 2.76 bits per heavy atom. The summed E-state index contributed by atoms with van der Waals surface area (Å²) in [5.41, 5.74) is 8.69. The van der Waals surface area contributed by atoms with Crippen LogP contribution in [0, 0.1) is 5.41 Å². The second kappa shape index (κ2) is 5.34. The SMILES string of the molecule is CN(Cc1nc2cc(N)ccc2o1)C1CCC(C)(C)CC1. The number of anilines is 1. The third-order valence-corrected chi connectivity index (χ3v) is 4.77. The number of oxazole rings is 1. The largest absolute Gasteiger partial charge is 0.439 e. The molecule has 0 unspecified atom stereocenters. The Bertz CT molecular complexity index is 622. The zero-order valence-electron chi connectivity index (χ0n) is 13.2. The van der Waals surface area contributed by atoms with Crippen LogP contribution in [-0.2, 0) is 6.54 Å². The van der Waals surface area contributed by atoms with E-state index in [1.165, 1.54) is 25.7 Å². The quantitative estimate of drug-likeness (QED) is 0.872. The predicted molar refractivity (Wildman–Crippen MR) is 85.9 cm³/mol. The first kappa shape index (κ1) is 14.4. The lowest BCUT2D eigenvalue weighted by Crippen LogP contribution is -2.36. The van der Waals surface area contributed by atoms with E-state index in [0.717, 1.165) is 29.2 Å². The van der Waals surface area contributed by atoms with Gasteiger partial charge < -0.3 is 10.2 Å². The lowest BCUT2D eigenvalue weighted by Gasteiger charge is -2.38. The number of nitrogens with two attached hydrogens (primary N) is 1. The number of rotatable bonds is 3. The molecule has 4 nitrogen and oxygen atoms in total. The Morgan fingerprint density at radius 2 is 2.05 bits per heavy atom. The molecule has 1 aliphatic carbocycles. The normalized spacial score (nSPS) is 19.4. The van der Waals surface area contributed by atoms with Gasteiger partial charge in [0.05, 0.1) is 6.54 Å². The first-order valence-corrected chi connectivity index (χ1v) is 7.78. The Hall–Kier alpha value is -1.55. The van der Waals surface area contributed by atoms with Crippen LogP contribution in [0.4, 0.5) is 5.69 Å². The number of hydrogen-bond donors (Lipinski definition) is 1. The van der Waals surface area contributed by atoms with Crippen LogP contribution >= 0.6 is 0 Å². The maximum Gasteiger partial charge on any atom is 0.209 e. The molecule has 1 heterocycles. The molecule has 0 amide bonds. The van der Waals surface area contributed by atoms with Gasteiger partial charge in [-0.2, -0.15) is 0 Å². The second-order valence-electron chi connectivity index (χ2n) is 7.15. The van der Waals surface area contributed by atoms with Gasteiger partial charge in [-0.1, -0.05) is 13.8 Å². The van der Waals surface area contributed by atoms with Crippen molar-refractivity contribution in [2.45, 2.75) is 52.1 Å². The average molecular weight is 287 g/mol. The van der Waals surface area contributed by atoms with Gasteiger partial charge in [0.15, 0.2) is 5.58 Å². The maximum atomic E-state index is 5.82. The zero-order valence-corrected chi connectivity index (χ0v) is 13.2. The van der Waals surface area contributed by atoms with Crippen LogP contribution in [0.15, 0.2) is 22.6 Å². The Labute approximate surface area is 126 Å². The molecule has 0 spiro atoms. The van der Waals surface area contributed by atoms with Crippen molar-refractivity contribution in [2.24, 2.45) is 5.41 Å².